The number of carbonyl (C=O) groups is 9. The van der Waals surface area contributed by atoms with Crippen molar-refractivity contribution in [1.29, 1.82) is 0 Å². The van der Waals surface area contributed by atoms with Crippen LogP contribution >= 0.6 is 0 Å². The highest BCUT2D eigenvalue weighted by molar-refractivity contribution is 5.90. The van der Waals surface area contributed by atoms with Crippen molar-refractivity contribution in [2.75, 3.05) is 165 Å². The lowest BCUT2D eigenvalue weighted by Crippen LogP contribution is -2.57. The highest BCUT2D eigenvalue weighted by atomic mass is 16.5. The third-order valence-electron chi connectivity index (χ3n) is 12.9. The monoisotopic (exact) mass is 1280 g/mol. The molecule has 0 aliphatic carbocycles. The molecule has 0 rings (SSSR count). The fraction of sp³-hybridized carbons (Fsp3) is 0.800. The van der Waals surface area contributed by atoms with Gasteiger partial charge in [0.05, 0.1) is 127 Å². The summed E-state index contributed by atoms with van der Waals surface area (Å²) in [4.78, 5) is 109. The lowest BCUT2D eigenvalue weighted by Gasteiger charge is -2.32. The van der Waals surface area contributed by atoms with Gasteiger partial charge in [0.1, 0.15) is 26.4 Å². The zero-order valence-electron chi connectivity index (χ0n) is 53.1. The Hall–Kier alpha value is -6.31. The van der Waals surface area contributed by atoms with Crippen LogP contribution in [0.2, 0.25) is 0 Å². The van der Waals surface area contributed by atoms with Gasteiger partial charge in [-0.15, -0.1) is 0 Å². The van der Waals surface area contributed by atoms with Gasteiger partial charge in [-0.2, -0.15) is 0 Å². The first-order valence-electron chi connectivity index (χ1n) is 30.0. The van der Waals surface area contributed by atoms with Gasteiger partial charge >= 0.3 is 0 Å². The number of primary amides is 1. The van der Waals surface area contributed by atoms with Crippen LogP contribution in [0, 0.1) is 0 Å². The van der Waals surface area contributed by atoms with Crippen molar-refractivity contribution in [3.63, 3.8) is 0 Å². The van der Waals surface area contributed by atoms with Gasteiger partial charge in [0, 0.05) is 71.5 Å². The van der Waals surface area contributed by atoms with Crippen LogP contribution in [0.1, 0.15) is 99.3 Å². The molecule has 89 heavy (non-hydrogen) atoms. The van der Waals surface area contributed by atoms with E-state index in [1.807, 2.05) is 27.7 Å². The predicted octanol–water partition coefficient (Wildman–Crippen LogP) is -4.32. The molecule has 514 valence electrons. The van der Waals surface area contributed by atoms with Crippen LogP contribution in [0.5, 0.6) is 0 Å². The maximum Gasteiger partial charge on any atom is 0.246 e. The van der Waals surface area contributed by atoms with E-state index in [1.54, 1.807) is 13.8 Å². The van der Waals surface area contributed by atoms with Crippen LogP contribution in [0.4, 0.5) is 0 Å². The van der Waals surface area contributed by atoms with Crippen LogP contribution in [-0.2, 0) is 81.0 Å². The average Bonchev–Trinajstić information content (AvgIpc) is 3.41. The summed E-state index contributed by atoms with van der Waals surface area (Å²) < 4.78 is 42.5. The number of unbranched alkanes of at least 4 members (excludes halogenated alkanes) is 1. The second-order valence-corrected chi connectivity index (χ2v) is 21.0. The Labute approximate surface area is 522 Å². The summed E-state index contributed by atoms with van der Waals surface area (Å²) in [7, 11) is 0. The lowest BCUT2D eigenvalue weighted by molar-refractivity contribution is -0.127. The smallest absolute Gasteiger partial charge is 0.246 e. The molecule has 0 aromatic heterocycles. The van der Waals surface area contributed by atoms with Gasteiger partial charge < -0.3 is 113 Å². The summed E-state index contributed by atoms with van der Waals surface area (Å²) in [5.74, 6) is -2.92. The second kappa shape index (κ2) is 53.5. The van der Waals surface area contributed by atoms with Crippen molar-refractivity contribution in [1.82, 2.24) is 58.5 Å². The molecule has 0 saturated heterocycles. The molecule has 34 nitrogen and oxygen atoms in total. The number of rotatable bonds is 59. The van der Waals surface area contributed by atoms with E-state index in [-0.39, 0.29) is 212 Å². The molecule has 0 radical (unpaired) electrons. The SMILES string of the molecule is C/C(=N\O)C(C)(C)NCC(CNC(C)(C)/C(C)=N/O)NC(=O)CCCC(=O)NCCCC[C@H](NCNC(=O)COCCOCCNC(=O)COCCOCCNC(=O)CCCC(=O)NCCOCCOCC(=O)NCCOCCOCC(=O)NCN)C(N)=O. The number of nitrogens with one attached hydrogen (secondary N) is 11. The summed E-state index contributed by atoms with van der Waals surface area (Å²) in [5, 5.41) is 56.1. The Kier molecular flexibility index (Phi) is 49.7. The molecule has 1 atom stereocenters. The van der Waals surface area contributed by atoms with Crippen LogP contribution in [0.15, 0.2) is 10.3 Å². The van der Waals surface area contributed by atoms with E-state index in [2.05, 4.69) is 68.8 Å². The molecule has 17 N–H and O–H groups in total. The van der Waals surface area contributed by atoms with E-state index in [0.717, 1.165) is 0 Å². The summed E-state index contributed by atoms with van der Waals surface area (Å²) >= 11 is 0. The summed E-state index contributed by atoms with van der Waals surface area (Å²) in [6.07, 6.45) is 2.71. The maximum atomic E-state index is 12.9. The molecule has 9 amide bonds. The Balaban J connectivity index is 3.88. The topological polar surface area (TPSA) is 477 Å². The molecule has 0 spiro atoms. The molecule has 0 aliphatic heterocycles. The van der Waals surface area contributed by atoms with Gasteiger partial charge in [-0.05, 0) is 73.6 Å². The standard InChI is InChI=1S/C55H105N15O19/c1-41(69-80)54(3,4)66-33-43(34-67-55(5,6)42(2)70-81)68-48(74)15-10-14-45(71)58-16-8-7-11-44(53(57)79)64-40-65-52(78)38-89-32-28-85-24-20-62-50(76)36-87-30-26-83-22-18-60-47(73)13-9-12-46(72)59-17-21-82-25-29-86-35-49(75)61-19-23-84-27-31-88-37-51(77)63-39-56/h43-44,64,66-67,80-81H,7-40,56H2,1-6H3,(H2,57,79)(H,58,71)(H,59,72)(H,60,73)(H,61,75)(H,62,76)(H,63,77)(H,65,78)(H,68,74)/b69-41+,70-42+/t44-/m0/s1. The third kappa shape index (κ3) is 49.2. The van der Waals surface area contributed by atoms with Crippen LogP contribution < -0.4 is 70.0 Å². The molecule has 0 saturated carbocycles. The normalized spacial score (nSPS) is 12.6. The van der Waals surface area contributed by atoms with Crippen molar-refractivity contribution in [2.45, 2.75) is 122 Å². The number of oxime groups is 2. The fourth-order valence-corrected chi connectivity index (χ4v) is 7.05. The van der Waals surface area contributed by atoms with Gasteiger partial charge in [0.25, 0.3) is 0 Å². The zero-order valence-corrected chi connectivity index (χ0v) is 53.1. The van der Waals surface area contributed by atoms with Crippen LogP contribution in [0.25, 0.3) is 0 Å². The minimum atomic E-state index is -0.724. The number of ether oxygens (including phenoxy) is 8. The first-order valence-corrected chi connectivity index (χ1v) is 30.0. The van der Waals surface area contributed by atoms with Gasteiger partial charge in [-0.3, -0.25) is 48.5 Å². The van der Waals surface area contributed by atoms with Crippen LogP contribution in [0.3, 0.4) is 0 Å². The lowest BCUT2D eigenvalue weighted by atomic mass is 9.98. The molecule has 34 heteroatoms. The quantitative estimate of drug-likeness (QED) is 0.00900. The van der Waals surface area contributed by atoms with Crippen molar-refractivity contribution in [3.05, 3.63) is 0 Å². The largest absolute Gasteiger partial charge is 0.411 e. The fourth-order valence-electron chi connectivity index (χ4n) is 7.05. The number of hydrogen-bond acceptors (Lipinski definition) is 25. The molecule has 0 bridgehead atoms. The molecular formula is C55H105N15O19. The van der Waals surface area contributed by atoms with E-state index in [1.165, 1.54) is 0 Å². The number of amides is 9. The number of carbonyl (C=O) groups excluding carboxylic acids is 9. The molecule has 0 aromatic rings. The average molecular weight is 1280 g/mol. The van der Waals surface area contributed by atoms with Crippen molar-refractivity contribution < 1.29 is 91.5 Å². The van der Waals surface area contributed by atoms with Gasteiger partial charge in [0.15, 0.2) is 0 Å². The minimum Gasteiger partial charge on any atom is -0.411 e. The first kappa shape index (κ1) is 82.7. The van der Waals surface area contributed by atoms with E-state index in [9.17, 15) is 53.6 Å². The molecule has 0 aromatic carbocycles. The first-order chi connectivity index (χ1) is 42.6. The molecule has 0 heterocycles. The van der Waals surface area contributed by atoms with Crippen LogP contribution in [-0.4, -0.2) is 263 Å². The molecule has 0 unspecified atom stereocenters. The summed E-state index contributed by atoms with van der Waals surface area (Å²) in [6.45, 7) is 14.6. The van der Waals surface area contributed by atoms with Crippen molar-refractivity contribution in [2.24, 2.45) is 21.8 Å². The van der Waals surface area contributed by atoms with Gasteiger partial charge in [0.2, 0.25) is 53.2 Å². The molecule has 0 aliphatic rings. The van der Waals surface area contributed by atoms with Crippen molar-refractivity contribution in [3.8, 4) is 0 Å². The van der Waals surface area contributed by atoms with E-state index >= 15 is 0 Å². The van der Waals surface area contributed by atoms with Crippen molar-refractivity contribution >= 4 is 64.6 Å². The Morgan fingerprint density at radius 3 is 1.13 bits per heavy atom. The second-order valence-electron chi connectivity index (χ2n) is 21.0. The summed E-state index contributed by atoms with van der Waals surface area (Å²) in [6, 6.07) is -1.12. The predicted molar refractivity (Wildman–Crippen MR) is 325 cm³/mol. The molecule has 0 fully saturated rings. The Morgan fingerprint density at radius 2 is 0.764 bits per heavy atom. The third-order valence-corrected chi connectivity index (χ3v) is 12.9. The molecular weight excluding hydrogens is 1170 g/mol. The van der Waals surface area contributed by atoms with Gasteiger partial charge in [-0.1, -0.05) is 10.3 Å². The van der Waals surface area contributed by atoms with E-state index in [4.69, 9.17) is 49.4 Å². The van der Waals surface area contributed by atoms with E-state index < -0.39 is 35.0 Å². The highest BCUT2D eigenvalue weighted by Gasteiger charge is 2.27. The summed E-state index contributed by atoms with van der Waals surface area (Å²) in [5.41, 5.74) is 10.3. The van der Waals surface area contributed by atoms with Gasteiger partial charge in [-0.25, -0.2) is 0 Å². The number of nitrogens with zero attached hydrogens (tertiary/aromatic N) is 2. The van der Waals surface area contributed by atoms with E-state index in [0.29, 0.717) is 63.2 Å². The maximum absolute atomic E-state index is 12.9. The highest BCUT2D eigenvalue weighted by Crippen LogP contribution is 2.09. The zero-order chi connectivity index (χ0) is 66.4. The minimum absolute atomic E-state index is 0.0340. The number of hydrogen-bond donors (Lipinski definition) is 15. The number of nitrogens with two attached hydrogens (primary N) is 2. The Morgan fingerprint density at radius 1 is 0.427 bits per heavy atom. The Bertz CT molecular complexity index is 2040.